The number of aryl methyl sites for hydroxylation is 2. The van der Waals surface area contributed by atoms with E-state index in [0.717, 1.165) is 18.5 Å². The van der Waals surface area contributed by atoms with Crippen LogP contribution in [0.4, 0.5) is 0 Å². The minimum absolute atomic E-state index is 0.783. The van der Waals surface area contributed by atoms with E-state index in [9.17, 15) is 0 Å². The summed E-state index contributed by atoms with van der Waals surface area (Å²) in [4.78, 5) is 9.13. The lowest BCUT2D eigenvalue weighted by atomic mass is 10.0. The van der Waals surface area contributed by atoms with Crippen molar-refractivity contribution in [3.63, 3.8) is 0 Å². The molecule has 3 aliphatic rings. The van der Waals surface area contributed by atoms with Gasteiger partial charge in [-0.1, -0.05) is 0 Å². The van der Waals surface area contributed by atoms with Crippen molar-refractivity contribution in [3.8, 4) is 0 Å². The summed E-state index contributed by atoms with van der Waals surface area (Å²) in [5.41, 5.74) is 1.42. The van der Waals surface area contributed by atoms with Crippen molar-refractivity contribution in [1.29, 1.82) is 0 Å². The van der Waals surface area contributed by atoms with Gasteiger partial charge < -0.3 is 5.32 Å². The van der Waals surface area contributed by atoms with E-state index < -0.39 is 0 Å². The first-order chi connectivity index (χ1) is 8.90. The number of likely N-dealkylation sites (tertiary alicyclic amines) is 1. The highest BCUT2D eigenvalue weighted by Crippen LogP contribution is 2.31. The van der Waals surface area contributed by atoms with Crippen molar-refractivity contribution in [3.05, 3.63) is 15.6 Å². The van der Waals surface area contributed by atoms with Crippen LogP contribution in [0.3, 0.4) is 0 Å². The van der Waals surface area contributed by atoms with Crippen LogP contribution in [0.15, 0.2) is 0 Å². The third-order valence-corrected chi connectivity index (χ3v) is 5.93. The summed E-state index contributed by atoms with van der Waals surface area (Å²) in [6.45, 7) is 4.80. The second kappa shape index (κ2) is 4.58. The lowest BCUT2D eigenvalue weighted by Gasteiger charge is -2.21. The molecule has 2 aliphatic heterocycles. The van der Waals surface area contributed by atoms with Gasteiger partial charge in [0.2, 0.25) is 0 Å². The molecule has 3 heterocycles. The topological polar surface area (TPSA) is 28.2 Å². The standard InChI is InChI=1S/C14H21N3S/c1-2-4-13-11(3-1)16-14(18-13)9-17-6-5-10-7-15-8-12(10)17/h10,12,15H,1-9H2. The number of rotatable bonds is 2. The molecule has 1 aromatic rings. The van der Waals surface area contributed by atoms with Gasteiger partial charge in [0.1, 0.15) is 5.01 Å². The van der Waals surface area contributed by atoms with Crippen molar-refractivity contribution in [2.45, 2.75) is 44.7 Å². The Morgan fingerprint density at radius 2 is 2.22 bits per heavy atom. The van der Waals surface area contributed by atoms with Gasteiger partial charge in [0, 0.05) is 17.5 Å². The molecule has 4 rings (SSSR count). The van der Waals surface area contributed by atoms with Gasteiger partial charge in [-0.05, 0) is 51.1 Å². The lowest BCUT2D eigenvalue weighted by molar-refractivity contribution is 0.243. The van der Waals surface area contributed by atoms with Gasteiger partial charge >= 0.3 is 0 Å². The molecule has 2 saturated heterocycles. The zero-order valence-corrected chi connectivity index (χ0v) is 11.6. The smallest absolute Gasteiger partial charge is 0.107 e. The molecular weight excluding hydrogens is 242 g/mol. The van der Waals surface area contributed by atoms with Gasteiger partial charge in [0.15, 0.2) is 0 Å². The second-order valence-corrected chi connectivity index (χ2v) is 7.10. The molecule has 0 bridgehead atoms. The van der Waals surface area contributed by atoms with E-state index in [4.69, 9.17) is 4.98 Å². The maximum atomic E-state index is 4.88. The molecule has 1 N–H and O–H groups in total. The molecular formula is C14H21N3S. The van der Waals surface area contributed by atoms with Crippen LogP contribution >= 0.6 is 11.3 Å². The molecule has 2 atom stereocenters. The summed E-state index contributed by atoms with van der Waals surface area (Å²) in [7, 11) is 0. The first-order valence-corrected chi connectivity index (χ1v) is 8.14. The van der Waals surface area contributed by atoms with Gasteiger partial charge in [0.25, 0.3) is 0 Å². The minimum atomic E-state index is 0.783. The van der Waals surface area contributed by atoms with Crippen molar-refractivity contribution in [2.24, 2.45) is 5.92 Å². The van der Waals surface area contributed by atoms with E-state index in [1.807, 2.05) is 11.3 Å². The monoisotopic (exact) mass is 263 g/mol. The molecule has 98 valence electrons. The van der Waals surface area contributed by atoms with E-state index in [2.05, 4.69) is 10.2 Å². The van der Waals surface area contributed by atoms with Gasteiger partial charge in [-0.15, -0.1) is 11.3 Å². The van der Waals surface area contributed by atoms with Crippen LogP contribution in [0.1, 0.15) is 34.8 Å². The molecule has 0 saturated carbocycles. The van der Waals surface area contributed by atoms with Gasteiger partial charge in [-0.25, -0.2) is 4.98 Å². The fourth-order valence-electron chi connectivity index (χ4n) is 3.78. The quantitative estimate of drug-likeness (QED) is 0.882. The molecule has 4 heteroatoms. The Labute approximate surface area is 113 Å². The Morgan fingerprint density at radius 3 is 3.17 bits per heavy atom. The highest BCUT2D eigenvalue weighted by molar-refractivity contribution is 7.11. The summed E-state index contributed by atoms with van der Waals surface area (Å²) in [6, 6.07) is 0.783. The predicted molar refractivity (Wildman–Crippen MR) is 73.9 cm³/mol. The van der Waals surface area contributed by atoms with Crippen LogP contribution in [0.25, 0.3) is 0 Å². The molecule has 2 fully saturated rings. The van der Waals surface area contributed by atoms with Crippen LogP contribution in [0, 0.1) is 5.92 Å². The van der Waals surface area contributed by atoms with Crippen molar-refractivity contribution in [2.75, 3.05) is 19.6 Å². The average molecular weight is 263 g/mol. The largest absolute Gasteiger partial charge is 0.315 e. The van der Waals surface area contributed by atoms with E-state index in [1.165, 1.54) is 62.4 Å². The second-order valence-electron chi connectivity index (χ2n) is 5.93. The maximum absolute atomic E-state index is 4.88. The summed E-state index contributed by atoms with van der Waals surface area (Å²) >= 11 is 1.98. The lowest BCUT2D eigenvalue weighted by Crippen LogP contribution is -2.33. The van der Waals surface area contributed by atoms with Crippen LogP contribution in [-0.2, 0) is 19.4 Å². The maximum Gasteiger partial charge on any atom is 0.107 e. The third kappa shape index (κ3) is 1.91. The zero-order chi connectivity index (χ0) is 11.9. The summed E-state index contributed by atoms with van der Waals surface area (Å²) in [5, 5.41) is 4.90. The van der Waals surface area contributed by atoms with Crippen LogP contribution in [-0.4, -0.2) is 35.6 Å². The highest BCUT2D eigenvalue weighted by atomic mass is 32.1. The molecule has 1 aromatic heterocycles. The fourth-order valence-corrected chi connectivity index (χ4v) is 4.96. The molecule has 0 amide bonds. The fraction of sp³-hybridized carbons (Fsp3) is 0.786. The molecule has 2 unspecified atom stereocenters. The predicted octanol–water partition coefficient (Wildman–Crippen LogP) is 1.82. The summed E-state index contributed by atoms with van der Waals surface area (Å²) in [6.07, 6.45) is 6.59. The SMILES string of the molecule is C1CCc2sc(CN3CCC4CNCC43)nc2C1. The molecule has 0 radical (unpaired) electrons. The number of hydrogen-bond donors (Lipinski definition) is 1. The Balaban J connectivity index is 1.49. The van der Waals surface area contributed by atoms with Crippen molar-refractivity contribution >= 4 is 11.3 Å². The zero-order valence-electron chi connectivity index (χ0n) is 10.8. The minimum Gasteiger partial charge on any atom is -0.315 e. The normalized spacial score (nSPS) is 31.6. The number of thiazole rings is 1. The molecule has 0 aromatic carbocycles. The van der Waals surface area contributed by atoms with Gasteiger partial charge in [-0.2, -0.15) is 0 Å². The number of aromatic nitrogens is 1. The number of hydrogen-bond acceptors (Lipinski definition) is 4. The molecule has 3 nitrogen and oxygen atoms in total. The third-order valence-electron chi connectivity index (χ3n) is 4.79. The van der Waals surface area contributed by atoms with E-state index in [1.54, 1.807) is 4.88 Å². The van der Waals surface area contributed by atoms with E-state index in [0.29, 0.717) is 0 Å². The first kappa shape index (κ1) is 11.4. The Bertz CT molecular complexity index is 419. The first-order valence-electron chi connectivity index (χ1n) is 7.32. The van der Waals surface area contributed by atoms with Gasteiger partial charge in [-0.3, -0.25) is 4.90 Å². The molecule has 1 aliphatic carbocycles. The Hall–Kier alpha value is -0.450. The molecule has 0 spiro atoms. The number of nitrogens with zero attached hydrogens (tertiary/aromatic N) is 2. The number of nitrogens with one attached hydrogen (secondary N) is 1. The van der Waals surface area contributed by atoms with Crippen LogP contribution in [0.5, 0.6) is 0 Å². The van der Waals surface area contributed by atoms with E-state index in [-0.39, 0.29) is 0 Å². The molecule has 18 heavy (non-hydrogen) atoms. The average Bonchev–Trinajstić information content (AvgIpc) is 3.05. The summed E-state index contributed by atoms with van der Waals surface area (Å²) in [5.74, 6) is 0.902. The summed E-state index contributed by atoms with van der Waals surface area (Å²) < 4.78 is 0. The Morgan fingerprint density at radius 1 is 1.28 bits per heavy atom. The van der Waals surface area contributed by atoms with Crippen LogP contribution < -0.4 is 5.32 Å². The van der Waals surface area contributed by atoms with Gasteiger partial charge in [0.05, 0.1) is 12.2 Å². The highest BCUT2D eigenvalue weighted by Gasteiger charge is 2.37. The van der Waals surface area contributed by atoms with E-state index >= 15 is 0 Å². The number of fused-ring (bicyclic) bond motifs is 2. The van der Waals surface area contributed by atoms with Crippen molar-refractivity contribution in [1.82, 2.24) is 15.2 Å². The Kier molecular flexibility index (Phi) is 2.90. The van der Waals surface area contributed by atoms with Crippen molar-refractivity contribution < 1.29 is 0 Å². The van der Waals surface area contributed by atoms with Crippen LogP contribution in [0.2, 0.25) is 0 Å².